The molecule has 25 nitrogen and oxygen atoms in total. The number of primary amides is 2. The number of amides is 3. The highest BCUT2D eigenvalue weighted by Crippen LogP contribution is 2.48. The Bertz CT molecular complexity index is 1990. The molecule has 2 fully saturated rings. The van der Waals surface area contributed by atoms with Gasteiger partial charge in [-0.1, -0.05) is 106 Å². The highest BCUT2D eigenvalue weighted by Gasteiger charge is 2.59. The Morgan fingerprint density at radius 1 is 0.654 bits per heavy atom. The van der Waals surface area contributed by atoms with Crippen molar-refractivity contribution in [3.8, 4) is 0 Å². The summed E-state index contributed by atoms with van der Waals surface area (Å²) in [5, 5.41) is 2.44. The fourth-order valence-corrected chi connectivity index (χ4v) is 10.0. The van der Waals surface area contributed by atoms with Gasteiger partial charge in [-0.2, -0.15) is 0 Å². The maximum absolute atomic E-state index is 13.9. The van der Waals surface area contributed by atoms with Gasteiger partial charge in [-0.25, -0.2) is 14.2 Å². The molecule has 2 aliphatic heterocycles. The number of hydrogen-bond donors (Lipinski definition) is 4. The van der Waals surface area contributed by atoms with Crippen LogP contribution in [-0.4, -0.2) is 147 Å². The second-order valence-electron chi connectivity index (χ2n) is 21.8. The number of esters is 5. The normalized spacial score (nSPS) is 25.7. The SMILES string of the molecule is COC(=O)[C@@H](COP(=O)(O)O[C@H]1O[C@H](C(N)=O)[C@@H](OC(C)=O)[C@H](OC(N)=O)[C@H]1O[C@@H]1O[C@H](COC(C)=O)[C@@H](OC(C)=O)[C@H](OC(C)=O)[C@H]1NC(C)=O)OCCC(C)CCCCC(C)(C)CCC(C)CCC(C)CCCC(C)C. The van der Waals surface area contributed by atoms with Crippen molar-refractivity contribution in [3.63, 3.8) is 0 Å². The van der Waals surface area contributed by atoms with Crippen molar-refractivity contribution in [2.45, 2.75) is 228 Å². The molecule has 0 aliphatic carbocycles. The molecule has 2 saturated heterocycles. The van der Waals surface area contributed by atoms with Crippen molar-refractivity contribution in [3.05, 3.63) is 0 Å². The van der Waals surface area contributed by atoms with Crippen molar-refractivity contribution in [2.75, 3.05) is 26.9 Å². The molecule has 6 N–H and O–H groups in total. The smallest absolute Gasteiger partial charge is 0.467 e. The van der Waals surface area contributed by atoms with Crippen molar-refractivity contribution in [2.24, 2.45) is 40.6 Å². The molecule has 15 atom stereocenters. The van der Waals surface area contributed by atoms with Gasteiger partial charge < -0.3 is 69.0 Å². The standard InChI is InChI=1S/C52H90N3O22P/c1-29(2)17-16-19-30(3)20-21-32(5)22-25-52(11,12)24-15-14-18-31(4)23-26-67-39(48(62)66-13)28-69-78(64,65)77-50-46(44(76-51(54)63)43(72-37(10)60)45(74-50)47(53)61)75-49-40(55-33(6)56)42(71-36(9)59)41(70-35(8)58)38(73-49)27-68-34(7)57/h29-32,38-46,49-50H,14-28H2,1-13H3,(H2,53,61)(H2,54,63)(H,55,56)(H,64,65)/t30?,31?,32?,38-,39-,40-,41-,42-,43+,44+,45+,46-,49+,50-/m1/s1. The van der Waals surface area contributed by atoms with E-state index in [4.69, 9.17) is 67.9 Å². The number of carbonyl (C=O) groups is 8. The van der Waals surface area contributed by atoms with Gasteiger partial charge in [0.2, 0.25) is 5.91 Å². The van der Waals surface area contributed by atoms with E-state index < -0.39 is 136 Å². The van der Waals surface area contributed by atoms with Gasteiger partial charge in [0, 0.05) is 41.2 Å². The second-order valence-corrected chi connectivity index (χ2v) is 23.2. The predicted octanol–water partition coefficient (Wildman–Crippen LogP) is 5.60. The van der Waals surface area contributed by atoms with Gasteiger partial charge in [0.1, 0.15) is 18.8 Å². The van der Waals surface area contributed by atoms with Crippen LogP contribution in [0.15, 0.2) is 0 Å². The molecule has 4 unspecified atom stereocenters. The van der Waals surface area contributed by atoms with Gasteiger partial charge >= 0.3 is 43.8 Å². The number of hydrogen-bond acceptors (Lipinski definition) is 21. The highest BCUT2D eigenvalue weighted by atomic mass is 31.2. The molecule has 0 aromatic carbocycles. The van der Waals surface area contributed by atoms with E-state index in [9.17, 15) is 47.8 Å². The minimum Gasteiger partial charge on any atom is -0.467 e. The first-order valence-electron chi connectivity index (χ1n) is 26.8. The highest BCUT2D eigenvalue weighted by molar-refractivity contribution is 7.47. The summed E-state index contributed by atoms with van der Waals surface area (Å²) >= 11 is 0. The molecule has 2 aliphatic rings. The van der Waals surface area contributed by atoms with Crippen LogP contribution in [-0.2, 0) is 94.5 Å². The number of phosphoric ester groups is 1. The molecule has 3 amide bonds. The van der Waals surface area contributed by atoms with Crippen molar-refractivity contribution < 1.29 is 104 Å². The molecule has 450 valence electrons. The molecule has 0 aromatic rings. The first-order chi connectivity index (χ1) is 36.3. The monoisotopic (exact) mass is 1140 g/mol. The van der Waals surface area contributed by atoms with Crippen LogP contribution in [0, 0.1) is 29.1 Å². The summed E-state index contributed by atoms with van der Waals surface area (Å²) in [6, 6.07) is -1.72. The number of nitrogens with one attached hydrogen (secondary N) is 1. The van der Waals surface area contributed by atoms with E-state index in [1.54, 1.807) is 0 Å². The van der Waals surface area contributed by atoms with Gasteiger partial charge in [-0.3, -0.25) is 37.8 Å². The van der Waals surface area contributed by atoms with E-state index in [2.05, 4.69) is 46.9 Å². The molecular formula is C52H90N3O22P. The maximum Gasteiger partial charge on any atom is 0.474 e. The number of ether oxygens (including phenoxy) is 10. The summed E-state index contributed by atoms with van der Waals surface area (Å²) in [6.45, 7) is 19.3. The lowest BCUT2D eigenvalue weighted by Crippen LogP contribution is -2.70. The van der Waals surface area contributed by atoms with Gasteiger partial charge in [0.25, 0.3) is 5.91 Å². The van der Waals surface area contributed by atoms with Crippen LogP contribution in [0.25, 0.3) is 0 Å². The summed E-state index contributed by atoms with van der Waals surface area (Å²) in [7, 11) is -4.51. The summed E-state index contributed by atoms with van der Waals surface area (Å²) in [5.41, 5.74) is 11.2. The lowest BCUT2D eigenvalue weighted by Gasteiger charge is -2.48. The molecule has 0 bridgehead atoms. The van der Waals surface area contributed by atoms with Crippen LogP contribution < -0.4 is 16.8 Å². The summed E-state index contributed by atoms with van der Waals surface area (Å²) in [5.74, 6) is -4.69. The molecular weight excluding hydrogens is 1050 g/mol. The topological polar surface area (TPSA) is 349 Å². The average Bonchev–Trinajstić information content (AvgIpc) is 3.31. The lowest BCUT2D eigenvalue weighted by molar-refractivity contribution is -0.340. The van der Waals surface area contributed by atoms with E-state index in [0.29, 0.717) is 12.3 Å². The molecule has 2 heterocycles. The molecule has 78 heavy (non-hydrogen) atoms. The Morgan fingerprint density at radius 2 is 1.23 bits per heavy atom. The average molecular weight is 1140 g/mol. The predicted molar refractivity (Wildman–Crippen MR) is 277 cm³/mol. The number of rotatable bonds is 35. The molecule has 0 spiro atoms. The first-order valence-corrected chi connectivity index (χ1v) is 28.3. The van der Waals surface area contributed by atoms with E-state index in [1.807, 2.05) is 6.92 Å². The maximum atomic E-state index is 13.9. The van der Waals surface area contributed by atoms with Crippen molar-refractivity contribution in [1.82, 2.24) is 5.32 Å². The van der Waals surface area contributed by atoms with Crippen molar-refractivity contribution >= 4 is 55.6 Å². The third kappa shape index (κ3) is 26.2. The quantitative estimate of drug-likeness (QED) is 0.0260. The Labute approximate surface area is 459 Å². The van der Waals surface area contributed by atoms with E-state index >= 15 is 0 Å². The summed E-state index contributed by atoms with van der Waals surface area (Å²) in [6.07, 6.45) is -7.91. The number of methoxy groups -OCH3 is 1. The molecule has 0 radical (unpaired) electrons. The Kier molecular flexibility index (Phi) is 30.3. The molecule has 2 rings (SSSR count). The van der Waals surface area contributed by atoms with E-state index in [-0.39, 0.29) is 17.9 Å². The van der Waals surface area contributed by atoms with Gasteiger partial charge in [0.15, 0.2) is 55.3 Å². The number of phosphoric acid groups is 1. The van der Waals surface area contributed by atoms with Crippen LogP contribution in [0.4, 0.5) is 4.79 Å². The van der Waals surface area contributed by atoms with E-state index in [0.717, 1.165) is 85.7 Å². The Balaban J connectivity index is 2.31. The second kappa shape index (κ2) is 33.9. The van der Waals surface area contributed by atoms with Crippen LogP contribution in [0.1, 0.15) is 160 Å². The Morgan fingerprint density at radius 3 is 1.78 bits per heavy atom. The first kappa shape index (κ1) is 69.6. The van der Waals surface area contributed by atoms with Crippen LogP contribution in [0.2, 0.25) is 0 Å². The lowest BCUT2D eigenvalue weighted by atomic mass is 9.79. The molecule has 26 heteroatoms. The van der Waals surface area contributed by atoms with Crippen LogP contribution in [0.3, 0.4) is 0 Å². The minimum atomic E-state index is -5.58. The largest absolute Gasteiger partial charge is 0.474 e. The zero-order chi connectivity index (χ0) is 59.1. The number of nitrogens with two attached hydrogens (primary N) is 2. The zero-order valence-electron chi connectivity index (χ0n) is 47.9. The minimum absolute atomic E-state index is 0.0220. The van der Waals surface area contributed by atoms with Gasteiger partial charge in [0.05, 0.1) is 13.7 Å². The van der Waals surface area contributed by atoms with Gasteiger partial charge in [-0.05, 0) is 48.3 Å². The Hall–Kier alpha value is -4.49. The van der Waals surface area contributed by atoms with Crippen molar-refractivity contribution in [1.29, 1.82) is 0 Å². The molecule has 0 aromatic heterocycles. The summed E-state index contributed by atoms with van der Waals surface area (Å²) < 4.78 is 79.7. The zero-order valence-corrected chi connectivity index (χ0v) is 48.8. The van der Waals surface area contributed by atoms with Crippen LogP contribution >= 0.6 is 7.82 Å². The van der Waals surface area contributed by atoms with Crippen LogP contribution in [0.5, 0.6) is 0 Å². The fraction of sp³-hybridized carbons (Fsp3) is 0.846. The summed E-state index contributed by atoms with van der Waals surface area (Å²) in [4.78, 5) is 112. The third-order valence-corrected chi connectivity index (χ3v) is 14.4. The number of carbonyl (C=O) groups excluding carboxylic acids is 8. The number of unbranched alkanes of at least 4 members (excludes halogenated alkanes) is 1. The fourth-order valence-electron chi connectivity index (χ4n) is 9.21. The van der Waals surface area contributed by atoms with Gasteiger partial charge in [-0.15, -0.1) is 0 Å². The molecule has 0 saturated carbocycles. The van der Waals surface area contributed by atoms with E-state index in [1.165, 1.54) is 38.5 Å². The third-order valence-electron chi connectivity index (χ3n) is 13.5.